The van der Waals surface area contributed by atoms with Crippen LogP contribution in [0.15, 0.2) is 0 Å². The molecule has 0 bridgehead atoms. The summed E-state index contributed by atoms with van der Waals surface area (Å²) in [7, 11) is 0. The molecule has 2 saturated heterocycles. The van der Waals surface area contributed by atoms with Crippen molar-refractivity contribution in [2.45, 2.75) is 37.9 Å². The van der Waals surface area contributed by atoms with Crippen LogP contribution in [0.5, 0.6) is 0 Å². The van der Waals surface area contributed by atoms with Gasteiger partial charge in [-0.2, -0.15) is 0 Å². The van der Waals surface area contributed by atoms with Gasteiger partial charge in [-0.05, 0) is 38.8 Å². The first-order valence-corrected chi connectivity index (χ1v) is 6.61. The van der Waals surface area contributed by atoms with E-state index in [4.69, 9.17) is 9.47 Å². The van der Waals surface area contributed by atoms with E-state index in [9.17, 15) is 0 Å². The van der Waals surface area contributed by atoms with E-state index in [1.165, 1.54) is 12.8 Å². The van der Waals surface area contributed by atoms with Crippen molar-refractivity contribution >= 4 is 0 Å². The Hall–Kier alpha value is -0.160. The lowest BCUT2D eigenvalue weighted by Crippen LogP contribution is -2.47. The molecule has 2 unspecified atom stereocenters. The maximum absolute atomic E-state index is 5.89. The summed E-state index contributed by atoms with van der Waals surface area (Å²) in [6.07, 6.45) is 5.18. The van der Waals surface area contributed by atoms with Crippen molar-refractivity contribution in [2.24, 2.45) is 0 Å². The maximum Gasteiger partial charge on any atom is 0.0973 e. The molecule has 0 radical (unpaired) electrons. The first-order chi connectivity index (χ1) is 7.97. The minimum absolute atomic E-state index is 0.214. The predicted molar refractivity (Wildman–Crippen MR) is 63.7 cm³/mol. The Labute approximate surface area is 98.1 Å². The summed E-state index contributed by atoms with van der Waals surface area (Å²) in [6, 6.07) is 0. The smallest absolute Gasteiger partial charge is 0.0973 e. The van der Waals surface area contributed by atoms with E-state index in [0.29, 0.717) is 0 Å². The second kappa shape index (κ2) is 7.22. The summed E-state index contributed by atoms with van der Waals surface area (Å²) in [5, 5.41) is 6.88. The largest absolute Gasteiger partial charge is 0.374 e. The van der Waals surface area contributed by atoms with Gasteiger partial charge in [0.25, 0.3) is 0 Å². The fourth-order valence-electron chi connectivity index (χ4n) is 2.26. The number of rotatable bonds is 1. The quantitative estimate of drug-likeness (QED) is 0.687. The zero-order valence-corrected chi connectivity index (χ0v) is 10.0. The van der Waals surface area contributed by atoms with Gasteiger partial charge in [-0.1, -0.05) is 0 Å². The van der Waals surface area contributed by atoms with Crippen molar-refractivity contribution in [3.05, 3.63) is 0 Å². The summed E-state index contributed by atoms with van der Waals surface area (Å²) in [4.78, 5) is 0. The molecule has 0 amide bonds. The van der Waals surface area contributed by atoms with Crippen molar-refractivity contribution in [1.29, 1.82) is 0 Å². The van der Waals surface area contributed by atoms with Gasteiger partial charge in [0.2, 0.25) is 0 Å². The molecular weight excluding hydrogens is 204 g/mol. The van der Waals surface area contributed by atoms with Crippen molar-refractivity contribution in [1.82, 2.24) is 10.6 Å². The van der Waals surface area contributed by atoms with Gasteiger partial charge in [0.1, 0.15) is 0 Å². The minimum Gasteiger partial charge on any atom is -0.374 e. The third-order valence-corrected chi connectivity index (χ3v) is 3.27. The highest BCUT2D eigenvalue weighted by Gasteiger charge is 2.24. The van der Waals surface area contributed by atoms with Crippen LogP contribution in [0.3, 0.4) is 0 Å². The maximum atomic E-state index is 5.89. The van der Waals surface area contributed by atoms with Crippen LogP contribution in [0.4, 0.5) is 0 Å². The van der Waals surface area contributed by atoms with Gasteiger partial charge in [-0.15, -0.1) is 0 Å². The zero-order valence-electron chi connectivity index (χ0n) is 10.0. The van der Waals surface area contributed by atoms with Gasteiger partial charge in [0.15, 0.2) is 0 Å². The van der Waals surface area contributed by atoms with Crippen LogP contribution in [0.25, 0.3) is 0 Å². The normalized spacial score (nSPS) is 34.5. The van der Waals surface area contributed by atoms with Gasteiger partial charge in [0, 0.05) is 26.3 Å². The number of hydrogen-bond acceptors (Lipinski definition) is 4. The molecule has 2 heterocycles. The molecule has 2 atom stereocenters. The minimum atomic E-state index is 0.214. The van der Waals surface area contributed by atoms with Gasteiger partial charge >= 0.3 is 0 Å². The highest BCUT2D eigenvalue weighted by molar-refractivity contribution is 4.78. The van der Waals surface area contributed by atoms with E-state index in [2.05, 4.69) is 10.6 Å². The molecule has 4 heteroatoms. The summed E-state index contributed by atoms with van der Waals surface area (Å²) in [5.41, 5.74) is 0. The Morgan fingerprint density at radius 3 is 1.69 bits per heavy atom. The Balaban J connectivity index is 1.81. The second-order valence-corrected chi connectivity index (χ2v) is 4.64. The molecule has 2 N–H and O–H groups in total. The molecule has 2 fully saturated rings. The van der Waals surface area contributed by atoms with Gasteiger partial charge in [0.05, 0.1) is 12.2 Å². The lowest BCUT2D eigenvalue weighted by Gasteiger charge is -2.30. The van der Waals surface area contributed by atoms with E-state index < -0.39 is 0 Å². The number of nitrogens with one attached hydrogen (secondary N) is 2. The van der Waals surface area contributed by atoms with Crippen LogP contribution in [-0.2, 0) is 9.47 Å². The highest BCUT2D eigenvalue weighted by atomic mass is 16.5. The molecule has 0 aromatic heterocycles. The van der Waals surface area contributed by atoms with Gasteiger partial charge in [-0.25, -0.2) is 0 Å². The molecule has 0 aliphatic carbocycles. The van der Waals surface area contributed by atoms with Crippen LogP contribution in [0.1, 0.15) is 25.7 Å². The summed E-state index contributed by atoms with van der Waals surface area (Å²) < 4.78 is 11.8. The molecule has 0 aromatic rings. The summed E-state index contributed by atoms with van der Waals surface area (Å²) >= 11 is 0. The highest BCUT2D eigenvalue weighted by Crippen LogP contribution is 2.09. The molecule has 0 aromatic carbocycles. The Bertz CT molecular complexity index is 154. The summed E-state index contributed by atoms with van der Waals surface area (Å²) in [6.45, 7) is 5.83. The Kier molecular flexibility index (Phi) is 5.55. The van der Waals surface area contributed by atoms with Crippen LogP contribution in [0, 0.1) is 0 Å². The lowest BCUT2D eigenvalue weighted by molar-refractivity contribution is -0.0778. The average Bonchev–Trinajstić information content (AvgIpc) is 2.18. The molecule has 16 heavy (non-hydrogen) atoms. The first-order valence-electron chi connectivity index (χ1n) is 6.61. The van der Waals surface area contributed by atoms with Crippen molar-refractivity contribution in [2.75, 3.05) is 39.4 Å². The van der Waals surface area contributed by atoms with E-state index in [1.807, 2.05) is 0 Å². The predicted octanol–water partition coefficient (Wildman–Crippen LogP) is 0.524. The van der Waals surface area contributed by atoms with Gasteiger partial charge < -0.3 is 20.1 Å². The van der Waals surface area contributed by atoms with E-state index in [0.717, 1.165) is 52.2 Å². The molecule has 4 nitrogen and oxygen atoms in total. The van der Waals surface area contributed by atoms with E-state index in [1.54, 1.807) is 0 Å². The fourth-order valence-corrected chi connectivity index (χ4v) is 2.26. The fraction of sp³-hybridized carbons (Fsp3) is 1.00. The van der Waals surface area contributed by atoms with Crippen LogP contribution >= 0.6 is 0 Å². The molecule has 0 saturated carbocycles. The molecule has 2 aliphatic heterocycles. The number of ether oxygens (including phenoxy) is 2. The Morgan fingerprint density at radius 1 is 0.688 bits per heavy atom. The molecule has 94 valence electrons. The van der Waals surface area contributed by atoms with Crippen molar-refractivity contribution in [3.8, 4) is 0 Å². The zero-order chi connectivity index (χ0) is 11.1. The molecule has 0 spiro atoms. The van der Waals surface area contributed by atoms with Crippen molar-refractivity contribution < 1.29 is 9.47 Å². The standard InChI is InChI=1S/C12H24N2O2/c1-3-7-15-11(9-13-5-1)12-10-14-6-2-4-8-16-12/h11-14H,1-10H2. The molecule has 2 aliphatic rings. The summed E-state index contributed by atoms with van der Waals surface area (Å²) in [5.74, 6) is 0. The van der Waals surface area contributed by atoms with E-state index in [-0.39, 0.29) is 12.2 Å². The average molecular weight is 228 g/mol. The third kappa shape index (κ3) is 4.01. The number of hydrogen-bond donors (Lipinski definition) is 2. The van der Waals surface area contributed by atoms with Gasteiger partial charge in [-0.3, -0.25) is 0 Å². The second-order valence-electron chi connectivity index (χ2n) is 4.64. The first kappa shape index (κ1) is 12.3. The lowest BCUT2D eigenvalue weighted by atomic mass is 10.1. The SMILES string of the molecule is C1CCOC(C2CNCCCCO2)CNC1. The van der Waals surface area contributed by atoms with Crippen LogP contribution in [0.2, 0.25) is 0 Å². The van der Waals surface area contributed by atoms with Crippen molar-refractivity contribution in [3.63, 3.8) is 0 Å². The van der Waals surface area contributed by atoms with E-state index >= 15 is 0 Å². The monoisotopic (exact) mass is 228 g/mol. The van der Waals surface area contributed by atoms with Crippen LogP contribution < -0.4 is 10.6 Å². The van der Waals surface area contributed by atoms with Crippen LogP contribution in [-0.4, -0.2) is 51.6 Å². The topological polar surface area (TPSA) is 42.5 Å². The Morgan fingerprint density at radius 2 is 1.19 bits per heavy atom. The third-order valence-electron chi connectivity index (χ3n) is 3.27. The molecule has 2 rings (SSSR count). The molecular formula is C12H24N2O2.